The Bertz CT molecular complexity index is 268. The largest absolute Gasteiger partial charge is 0.481 e. The number of carboxylic acid groups (broad SMARTS) is 3. The summed E-state index contributed by atoms with van der Waals surface area (Å²) in [4.78, 5) is 32.0. The van der Waals surface area contributed by atoms with Crippen molar-refractivity contribution in [2.75, 3.05) is 6.61 Å². The van der Waals surface area contributed by atoms with Gasteiger partial charge in [0.1, 0.15) is 0 Å². The van der Waals surface area contributed by atoms with Gasteiger partial charge in [0.15, 0.2) is 5.60 Å². The molecule has 3 N–H and O–H groups in total. The van der Waals surface area contributed by atoms with E-state index in [1.807, 2.05) is 0 Å². The van der Waals surface area contributed by atoms with Crippen LogP contribution in [0.25, 0.3) is 0 Å². The van der Waals surface area contributed by atoms with Gasteiger partial charge in [-0.25, -0.2) is 4.79 Å². The van der Waals surface area contributed by atoms with Gasteiger partial charge in [-0.2, -0.15) is 0 Å². The molecule has 0 aliphatic heterocycles. The predicted octanol–water partition coefficient (Wildman–Crippen LogP) is 0.186. The van der Waals surface area contributed by atoms with Gasteiger partial charge in [-0.1, -0.05) is 6.92 Å². The SMILES string of the molecule is CCCOC(CC(=O)O)(CC(=O)O)C(=O)O. The fourth-order valence-electron chi connectivity index (χ4n) is 1.16. The first-order chi connectivity index (χ1) is 7.34. The highest BCUT2D eigenvalue weighted by Gasteiger charge is 2.44. The van der Waals surface area contributed by atoms with Crippen molar-refractivity contribution in [3.8, 4) is 0 Å². The lowest BCUT2D eigenvalue weighted by molar-refractivity contribution is -0.178. The molecular weight excluding hydrogens is 220 g/mol. The van der Waals surface area contributed by atoms with Crippen LogP contribution in [0, 0.1) is 0 Å². The Kier molecular flexibility index (Phi) is 5.44. The van der Waals surface area contributed by atoms with E-state index in [1.165, 1.54) is 0 Å². The lowest BCUT2D eigenvalue weighted by Crippen LogP contribution is -2.45. The Labute approximate surface area is 91.6 Å². The molecule has 0 amide bonds. The third-order valence-electron chi connectivity index (χ3n) is 1.85. The van der Waals surface area contributed by atoms with E-state index >= 15 is 0 Å². The maximum atomic E-state index is 10.9. The zero-order valence-electron chi connectivity index (χ0n) is 8.80. The van der Waals surface area contributed by atoms with Crippen LogP contribution in [0.3, 0.4) is 0 Å². The van der Waals surface area contributed by atoms with Gasteiger partial charge in [0.25, 0.3) is 0 Å². The number of ether oxygens (including phenoxy) is 1. The van der Waals surface area contributed by atoms with Crippen molar-refractivity contribution < 1.29 is 34.4 Å². The fourth-order valence-corrected chi connectivity index (χ4v) is 1.16. The van der Waals surface area contributed by atoms with Gasteiger partial charge in [-0.15, -0.1) is 0 Å². The molecule has 0 bridgehead atoms. The summed E-state index contributed by atoms with van der Waals surface area (Å²) in [5.41, 5.74) is -2.19. The minimum Gasteiger partial charge on any atom is -0.481 e. The number of rotatable bonds is 8. The minimum absolute atomic E-state index is 0.00708. The van der Waals surface area contributed by atoms with E-state index in [9.17, 15) is 14.4 Å². The Balaban J connectivity index is 4.95. The van der Waals surface area contributed by atoms with Crippen LogP contribution in [0.1, 0.15) is 26.2 Å². The molecule has 0 spiro atoms. The molecule has 0 saturated carbocycles. The van der Waals surface area contributed by atoms with Gasteiger partial charge < -0.3 is 20.1 Å². The van der Waals surface area contributed by atoms with Gasteiger partial charge in [-0.05, 0) is 6.42 Å². The summed E-state index contributed by atoms with van der Waals surface area (Å²) in [6, 6.07) is 0. The summed E-state index contributed by atoms with van der Waals surface area (Å²) in [5, 5.41) is 26.0. The van der Waals surface area contributed by atoms with Crippen molar-refractivity contribution in [3.05, 3.63) is 0 Å². The molecule has 0 unspecified atom stereocenters. The molecule has 0 aromatic heterocycles. The van der Waals surface area contributed by atoms with E-state index < -0.39 is 36.4 Å². The van der Waals surface area contributed by atoms with Crippen LogP contribution in [0.2, 0.25) is 0 Å². The van der Waals surface area contributed by atoms with E-state index in [-0.39, 0.29) is 6.61 Å². The minimum atomic E-state index is -2.19. The van der Waals surface area contributed by atoms with Gasteiger partial charge >= 0.3 is 17.9 Å². The van der Waals surface area contributed by atoms with E-state index in [0.29, 0.717) is 6.42 Å². The maximum Gasteiger partial charge on any atom is 0.337 e. The van der Waals surface area contributed by atoms with Crippen LogP contribution in [0.4, 0.5) is 0 Å². The van der Waals surface area contributed by atoms with Crippen molar-refractivity contribution in [2.45, 2.75) is 31.8 Å². The average Bonchev–Trinajstić information content (AvgIpc) is 2.11. The number of hydrogen-bond donors (Lipinski definition) is 3. The second kappa shape index (κ2) is 6.06. The van der Waals surface area contributed by atoms with Gasteiger partial charge in [-0.3, -0.25) is 9.59 Å². The number of carbonyl (C=O) groups is 3. The van der Waals surface area contributed by atoms with Gasteiger partial charge in [0.2, 0.25) is 0 Å². The lowest BCUT2D eigenvalue weighted by Gasteiger charge is -2.26. The molecular formula is C9H14O7. The summed E-state index contributed by atoms with van der Waals surface area (Å²) < 4.78 is 4.90. The Morgan fingerprint density at radius 2 is 1.50 bits per heavy atom. The fraction of sp³-hybridized carbons (Fsp3) is 0.667. The molecule has 0 aliphatic rings. The summed E-state index contributed by atoms with van der Waals surface area (Å²) in [5.74, 6) is -4.41. The molecule has 0 heterocycles. The normalized spacial score (nSPS) is 11.1. The van der Waals surface area contributed by atoms with Crippen molar-refractivity contribution in [2.24, 2.45) is 0 Å². The third kappa shape index (κ3) is 4.26. The standard InChI is InChI=1S/C9H14O7/c1-2-3-16-9(8(14)15,4-6(10)11)5-7(12)13/h2-5H2,1H3,(H,10,11)(H,12,13)(H,14,15). The van der Waals surface area contributed by atoms with Crippen molar-refractivity contribution >= 4 is 17.9 Å². The molecule has 0 aromatic rings. The van der Waals surface area contributed by atoms with E-state index in [2.05, 4.69) is 0 Å². The Hall–Kier alpha value is -1.63. The number of hydrogen-bond acceptors (Lipinski definition) is 4. The molecule has 0 radical (unpaired) electrons. The van der Waals surface area contributed by atoms with Gasteiger partial charge in [0.05, 0.1) is 12.8 Å². The summed E-state index contributed by atoms with van der Waals surface area (Å²) >= 11 is 0. The molecule has 0 atom stereocenters. The van der Waals surface area contributed by atoms with E-state index in [1.54, 1.807) is 6.92 Å². The van der Waals surface area contributed by atoms with Gasteiger partial charge in [0, 0.05) is 6.61 Å². The highest BCUT2D eigenvalue weighted by atomic mass is 16.5. The molecule has 0 aromatic carbocycles. The molecule has 0 rings (SSSR count). The highest BCUT2D eigenvalue weighted by molar-refractivity contribution is 5.88. The predicted molar refractivity (Wildman–Crippen MR) is 51.1 cm³/mol. The quantitative estimate of drug-likeness (QED) is 0.547. The molecule has 7 nitrogen and oxygen atoms in total. The van der Waals surface area contributed by atoms with Crippen LogP contribution in [-0.2, 0) is 19.1 Å². The topological polar surface area (TPSA) is 121 Å². The van der Waals surface area contributed by atoms with Crippen molar-refractivity contribution in [1.29, 1.82) is 0 Å². The second-order valence-corrected chi connectivity index (χ2v) is 3.29. The first-order valence-corrected chi connectivity index (χ1v) is 4.65. The zero-order chi connectivity index (χ0) is 12.8. The summed E-state index contributed by atoms with van der Waals surface area (Å²) in [6.07, 6.45) is -1.29. The molecule has 92 valence electrons. The van der Waals surface area contributed by atoms with Crippen molar-refractivity contribution in [3.63, 3.8) is 0 Å². The number of carboxylic acids is 3. The van der Waals surface area contributed by atoms with Crippen molar-refractivity contribution in [1.82, 2.24) is 0 Å². The molecule has 0 aliphatic carbocycles. The first kappa shape index (κ1) is 14.4. The third-order valence-corrected chi connectivity index (χ3v) is 1.85. The summed E-state index contributed by atoms with van der Waals surface area (Å²) in [7, 11) is 0. The molecule has 7 heteroatoms. The second-order valence-electron chi connectivity index (χ2n) is 3.29. The monoisotopic (exact) mass is 234 g/mol. The average molecular weight is 234 g/mol. The molecule has 0 fully saturated rings. The van der Waals surface area contributed by atoms with Crippen LogP contribution in [0.5, 0.6) is 0 Å². The highest BCUT2D eigenvalue weighted by Crippen LogP contribution is 2.22. The van der Waals surface area contributed by atoms with Crippen LogP contribution < -0.4 is 0 Å². The first-order valence-electron chi connectivity index (χ1n) is 4.65. The lowest BCUT2D eigenvalue weighted by atomic mass is 9.95. The Morgan fingerprint density at radius 1 is 1.06 bits per heavy atom. The molecule has 0 saturated heterocycles. The Morgan fingerprint density at radius 3 is 1.75 bits per heavy atom. The van der Waals surface area contributed by atoms with Crippen LogP contribution in [0.15, 0.2) is 0 Å². The van der Waals surface area contributed by atoms with Crippen LogP contribution >= 0.6 is 0 Å². The molecule has 16 heavy (non-hydrogen) atoms. The number of aliphatic carboxylic acids is 3. The van der Waals surface area contributed by atoms with E-state index in [4.69, 9.17) is 20.1 Å². The maximum absolute atomic E-state index is 10.9. The zero-order valence-corrected chi connectivity index (χ0v) is 8.80. The van der Waals surface area contributed by atoms with Crippen LogP contribution in [-0.4, -0.2) is 45.4 Å². The summed E-state index contributed by atoms with van der Waals surface area (Å²) in [6.45, 7) is 1.70. The smallest absolute Gasteiger partial charge is 0.337 e. The van der Waals surface area contributed by atoms with E-state index in [0.717, 1.165) is 0 Å².